The van der Waals surface area contributed by atoms with Crippen LogP contribution in [0.15, 0.2) is 24.3 Å². The Labute approximate surface area is 97.2 Å². The van der Waals surface area contributed by atoms with Crippen LogP contribution in [0.2, 0.25) is 0 Å². The topological polar surface area (TPSA) is 41.5 Å². The number of hydrogen-bond donors (Lipinski definition) is 2. The van der Waals surface area contributed by atoms with Gasteiger partial charge in [0.15, 0.2) is 6.61 Å². The fourth-order valence-electron chi connectivity index (χ4n) is 1.22. The Bertz CT molecular complexity index is 342. The van der Waals surface area contributed by atoms with Gasteiger partial charge in [0.2, 0.25) is 0 Å². The lowest BCUT2D eigenvalue weighted by molar-refractivity contribution is -0.153. The van der Waals surface area contributed by atoms with Gasteiger partial charge in [0.1, 0.15) is 5.75 Å². The standard InChI is InChI=1S/C11H14F3NO2/c12-11(13,14)8-17-10-3-1-2-9(6-10)7-15-4-5-16/h1-3,6,15-16H,4-5,7-8H2. The van der Waals surface area contributed by atoms with E-state index in [0.29, 0.717) is 13.1 Å². The third-order valence-corrected chi connectivity index (χ3v) is 1.92. The van der Waals surface area contributed by atoms with Crippen LogP contribution in [0.1, 0.15) is 5.56 Å². The largest absolute Gasteiger partial charge is 0.484 e. The molecule has 1 aromatic carbocycles. The van der Waals surface area contributed by atoms with Crippen LogP contribution < -0.4 is 10.1 Å². The van der Waals surface area contributed by atoms with Crippen LogP contribution in [-0.4, -0.2) is 31.0 Å². The highest BCUT2D eigenvalue weighted by atomic mass is 19.4. The number of hydrogen-bond acceptors (Lipinski definition) is 3. The van der Waals surface area contributed by atoms with Crippen molar-refractivity contribution in [2.24, 2.45) is 0 Å². The van der Waals surface area contributed by atoms with Crippen LogP contribution in [-0.2, 0) is 6.54 Å². The highest BCUT2D eigenvalue weighted by Crippen LogP contribution is 2.19. The lowest BCUT2D eigenvalue weighted by Crippen LogP contribution is -2.19. The predicted molar refractivity (Wildman–Crippen MR) is 56.8 cm³/mol. The minimum atomic E-state index is -4.33. The zero-order valence-electron chi connectivity index (χ0n) is 9.13. The minimum Gasteiger partial charge on any atom is -0.484 e. The van der Waals surface area contributed by atoms with E-state index in [1.807, 2.05) is 0 Å². The Balaban J connectivity index is 2.48. The van der Waals surface area contributed by atoms with Gasteiger partial charge in [0.25, 0.3) is 0 Å². The monoisotopic (exact) mass is 249 g/mol. The van der Waals surface area contributed by atoms with Gasteiger partial charge in [-0.15, -0.1) is 0 Å². The Kier molecular flexibility index (Phi) is 5.24. The fourth-order valence-corrected chi connectivity index (χ4v) is 1.22. The molecule has 0 bridgehead atoms. The number of aliphatic hydroxyl groups is 1. The molecular weight excluding hydrogens is 235 g/mol. The van der Waals surface area contributed by atoms with E-state index < -0.39 is 12.8 Å². The maximum absolute atomic E-state index is 11.9. The van der Waals surface area contributed by atoms with Crippen LogP contribution >= 0.6 is 0 Å². The molecule has 96 valence electrons. The van der Waals surface area contributed by atoms with E-state index in [2.05, 4.69) is 10.1 Å². The van der Waals surface area contributed by atoms with E-state index >= 15 is 0 Å². The van der Waals surface area contributed by atoms with E-state index in [1.165, 1.54) is 12.1 Å². The van der Waals surface area contributed by atoms with E-state index in [4.69, 9.17) is 5.11 Å². The average molecular weight is 249 g/mol. The maximum atomic E-state index is 11.9. The van der Waals surface area contributed by atoms with Crippen molar-refractivity contribution in [1.82, 2.24) is 5.32 Å². The highest BCUT2D eigenvalue weighted by Gasteiger charge is 2.28. The Morgan fingerprint density at radius 2 is 2.06 bits per heavy atom. The number of ether oxygens (including phenoxy) is 1. The summed E-state index contributed by atoms with van der Waals surface area (Å²) < 4.78 is 40.4. The number of alkyl halides is 3. The van der Waals surface area contributed by atoms with E-state index in [-0.39, 0.29) is 12.4 Å². The van der Waals surface area contributed by atoms with Gasteiger partial charge in [-0.05, 0) is 17.7 Å². The van der Waals surface area contributed by atoms with Crippen LogP contribution in [0.3, 0.4) is 0 Å². The molecule has 0 aliphatic carbocycles. The molecule has 0 fully saturated rings. The number of aliphatic hydroxyl groups excluding tert-OH is 1. The Morgan fingerprint density at radius 3 is 2.71 bits per heavy atom. The SMILES string of the molecule is OCCNCc1cccc(OCC(F)(F)F)c1. The summed E-state index contributed by atoms with van der Waals surface area (Å²) in [5, 5.41) is 11.5. The van der Waals surface area contributed by atoms with Crippen LogP contribution in [0.25, 0.3) is 0 Å². The molecule has 0 spiro atoms. The summed E-state index contributed by atoms with van der Waals surface area (Å²) in [6, 6.07) is 6.41. The lowest BCUT2D eigenvalue weighted by Gasteiger charge is -2.10. The van der Waals surface area contributed by atoms with Crippen molar-refractivity contribution in [2.45, 2.75) is 12.7 Å². The van der Waals surface area contributed by atoms with Gasteiger partial charge >= 0.3 is 6.18 Å². The smallest absolute Gasteiger partial charge is 0.422 e. The average Bonchev–Trinajstić information content (AvgIpc) is 2.27. The second-order valence-corrected chi connectivity index (χ2v) is 3.45. The zero-order valence-corrected chi connectivity index (χ0v) is 9.13. The zero-order chi connectivity index (χ0) is 12.7. The van der Waals surface area contributed by atoms with E-state index in [0.717, 1.165) is 5.56 Å². The first-order valence-corrected chi connectivity index (χ1v) is 5.11. The van der Waals surface area contributed by atoms with Gasteiger partial charge in [-0.1, -0.05) is 12.1 Å². The van der Waals surface area contributed by atoms with Crippen molar-refractivity contribution in [3.8, 4) is 5.75 Å². The third kappa shape index (κ3) is 6.13. The molecule has 0 amide bonds. The number of halogens is 3. The van der Waals surface area contributed by atoms with Crippen molar-refractivity contribution in [2.75, 3.05) is 19.8 Å². The Hall–Kier alpha value is -1.27. The van der Waals surface area contributed by atoms with Crippen LogP contribution in [0, 0.1) is 0 Å². The third-order valence-electron chi connectivity index (χ3n) is 1.92. The normalized spacial score (nSPS) is 11.5. The quantitative estimate of drug-likeness (QED) is 0.754. The number of rotatable bonds is 6. The molecule has 0 atom stereocenters. The van der Waals surface area contributed by atoms with Crippen molar-refractivity contribution < 1.29 is 23.0 Å². The molecule has 0 aliphatic heterocycles. The van der Waals surface area contributed by atoms with Crippen LogP contribution in [0.5, 0.6) is 5.75 Å². The summed E-state index contributed by atoms with van der Waals surface area (Å²) in [7, 11) is 0. The van der Waals surface area contributed by atoms with Gasteiger partial charge < -0.3 is 15.2 Å². The van der Waals surface area contributed by atoms with Gasteiger partial charge in [0.05, 0.1) is 6.61 Å². The molecule has 17 heavy (non-hydrogen) atoms. The molecule has 0 aromatic heterocycles. The number of benzene rings is 1. The first kappa shape index (κ1) is 13.8. The molecule has 1 aromatic rings. The first-order chi connectivity index (χ1) is 8.01. The summed E-state index contributed by atoms with van der Waals surface area (Å²) in [4.78, 5) is 0. The van der Waals surface area contributed by atoms with Crippen molar-refractivity contribution in [3.63, 3.8) is 0 Å². The molecule has 0 saturated carbocycles. The second kappa shape index (κ2) is 6.46. The summed E-state index contributed by atoms with van der Waals surface area (Å²) in [5.74, 6) is 0.186. The molecule has 0 radical (unpaired) electrons. The maximum Gasteiger partial charge on any atom is 0.422 e. The van der Waals surface area contributed by atoms with Gasteiger partial charge in [-0.2, -0.15) is 13.2 Å². The fraction of sp³-hybridized carbons (Fsp3) is 0.455. The molecule has 0 heterocycles. The van der Waals surface area contributed by atoms with Gasteiger partial charge in [0, 0.05) is 13.1 Å². The number of nitrogens with one attached hydrogen (secondary N) is 1. The molecule has 6 heteroatoms. The van der Waals surface area contributed by atoms with Crippen LogP contribution in [0.4, 0.5) is 13.2 Å². The molecular formula is C11H14F3NO2. The minimum absolute atomic E-state index is 0.0181. The summed E-state index contributed by atoms with van der Waals surface area (Å²) >= 11 is 0. The van der Waals surface area contributed by atoms with Crippen molar-refractivity contribution in [3.05, 3.63) is 29.8 Å². The molecule has 2 N–H and O–H groups in total. The molecule has 3 nitrogen and oxygen atoms in total. The van der Waals surface area contributed by atoms with Crippen molar-refractivity contribution >= 4 is 0 Å². The molecule has 1 rings (SSSR count). The van der Waals surface area contributed by atoms with Gasteiger partial charge in [-0.3, -0.25) is 0 Å². The molecule has 0 saturated heterocycles. The summed E-state index contributed by atoms with van der Waals surface area (Å²) in [6.07, 6.45) is -4.33. The van der Waals surface area contributed by atoms with Crippen molar-refractivity contribution in [1.29, 1.82) is 0 Å². The molecule has 0 unspecified atom stereocenters. The Morgan fingerprint density at radius 1 is 1.29 bits per heavy atom. The van der Waals surface area contributed by atoms with E-state index in [9.17, 15) is 13.2 Å². The summed E-state index contributed by atoms with van der Waals surface area (Å²) in [5.41, 5.74) is 0.804. The van der Waals surface area contributed by atoms with E-state index in [1.54, 1.807) is 12.1 Å². The second-order valence-electron chi connectivity index (χ2n) is 3.45. The molecule has 0 aliphatic rings. The highest BCUT2D eigenvalue weighted by molar-refractivity contribution is 5.28. The lowest BCUT2D eigenvalue weighted by atomic mass is 10.2. The van der Waals surface area contributed by atoms with Gasteiger partial charge in [-0.25, -0.2) is 0 Å². The predicted octanol–water partition coefficient (Wildman–Crippen LogP) is 1.71. The first-order valence-electron chi connectivity index (χ1n) is 5.11. The summed E-state index contributed by atoms with van der Waals surface area (Å²) in [6.45, 7) is -0.359.